The third-order valence-corrected chi connectivity index (χ3v) is 6.63. The van der Waals surface area contributed by atoms with Crippen LogP contribution in [0.4, 0.5) is 5.69 Å². The molecule has 8 heteroatoms. The van der Waals surface area contributed by atoms with Gasteiger partial charge in [0, 0.05) is 41.6 Å². The van der Waals surface area contributed by atoms with Crippen LogP contribution in [0.15, 0.2) is 42.5 Å². The first-order valence-electron chi connectivity index (χ1n) is 10.9. The zero-order valence-corrected chi connectivity index (χ0v) is 19.5. The van der Waals surface area contributed by atoms with Gasteiger partial charge in [-0.25, -0.2) is 0 Å². The number of nitrogens with zero attached hydrogens (tertiary/aromatic N) is 1. The Hall–Kier alpha value is -2.28. The fourth-order valence-electron chi connectivity index (χ4n) is 4.78. The van der Waals surface area contributed by atoms with Gasteiger partial charge in [0.25, 0.3) is 5.91 Å². The number of benzene rings is 2. The van der Waals surface area contributed by atoms with E-state index in [-0.39, 0.29) is 24.5 Å². The maximum atomic E-state index is 12.5. The molecule has 2 fully saturated rings. The molecule has 2 atom stereocenters. The van der Waals surface area contributed by atoms with Gasteiger partial charge in [-0.15, -0.1) is 0 Å². The molecule has 2 amide bonds. The maximum absolute atomic E-state index is 12.5. The van der Waals surface area contributed by atoms with Crippen LogP contribution in [0.1, 0.15) is 38.2 Å². The van der Waals surface area contributed by atoms with Gasteiger partial charge in [-0.2, -0.15) is 0 Å². The Morgan fingerprint density at radius 2 is 1.69 bits per heavy atom. The fourth-order valence-corrected chi connectivity index (χ4v) is 5.08. The summed E-state index contributed by atoms with van der Waals surface area (Å²) in [5.74, 6) is 0.0179. The molecule has 2 saturated heterocycles. The van der Waals surface area contributed by atoms with Crippen LogP contribution in [0.25, 0.3) is 0 Å². The first kappa shape index (κ1) is 22.9. The third kappa shape index (κ3) is 5.74. The number of carbonyl (C=O) groups is 2. The van der Waals surface area contributed by atoms with Gasteiger partial charge >= 0.3 is 0 Å². The number of nitrogens with one attached hydrogen (secondary N) is 2. The molecule has 2 aliphatic rings. The largest absolute Gasteiger partial charge is 0.482 e. The van der Waals surface area contributed by atoms with Gasteiger partial charge < -0.3 is 15.4 Å². The molecule has 2 N–H and O–H groups in total. The molecule has 0 radical (unpaired) electrons. The first-order valence-corrected chi connectivity index (χ1v) is 11.6. The summed E-state index contributed by atoms with van der Waals surface area (Å²) in [6.07, 6.45) is 4.19. The van der Waals surface area contributed by atoms with Gasteiger partial charge in [-0.3, -0.25) is 14.5 Å². The summed E-state index contributed by atoms with van der Waals surface area (Å²) in [6.45, 7) is 2.21. The predicted octanol–water partition coefficient (Wildman–Crippen LogP) is 4.64. The maximum Gasteiger partial charge on any atom is 0.258 e. The average Bonchev–Trinajstić information content (AvgIpc) is 2.96. The van der Waals surface area contributed by atoms with Gasteiger partial charge in [-0.1, -0.05) is 35.3 Å². The number of hydrogen-bond donors (Lipinski definition) is 2. The van der Waals surface area contributed by atoms with Crippen LogP contribution in [0, 0.1) is 0 Å². The SMILES string of the molecule is CC(=O)Nc1cc(Cl)ccc1OCC(=O)NC1CC2CCC(C1)N2Cc1ccc(Cl)cc1. The van der Waals surface area contributed by atoms with E-state index in [0.717, 1.165) is 37.3 Å². The topological polar surface area (TPSA) is 70.7 Å². The molecule has 0 aliphatic carbocycles. The molecular formula is C24H27Cl2N3O3. The highest BCUT2D eigenvalue weighted by Gasteiger charge is 2.40. The van der Waals surface area contributed by atoms with Crippen molar-refractivity contribution in [3.63, 3.8) is 0 Å². The number of carbonyl (C=O) groups excluding carboxylic acids is 2. The van der Waals surface area contributed by atoms with E-state index in [2.05, 4.69) is 27.7 Å². The summed E-state index contributed by atoms with van der Waals surface area (Å²) in [5, 5.41) is 7.04. The molecule has 2 aliphatic heterocycles. The minimum absolute atomic E-state index is 0.117. The highest BCUT2D eigenvalue weighted by atomic mass is 35.5. The van der Waals surface area contributed by atoms with Crippen molar-refractivity contribution in [1.82, 2.24) is 10.2 Å². The Morgan fingerprint density at radius 1 is 1.03 bits per heavy atom. The Kier molecular flexibility index (Phi) is 7.23. The van der Waals surface area contributed by atoms with Crippen LogP contribution < -0.4 is 15.4 Å². The predicted molar refractivity (Wildman–Crippen MR) is 126 cm³/mol. The smallest absolute Gasteiger partial charge is 0.258 e. The van der Waals surface area contributed by atoms with E-state index in [0.29, 0.717) is 28.5 Å². The highest BCUT2D eigenvalue weighted by Crippen LogP contribution is 2.37. The molecule has 0 saturated carbocycles. The minimum atomic E-state index is -0.234. The van der Waals surface area contributed by atoms with Crippen molar-refractivity contribution in [3.05, 3.63) is 58.1 Å². The summed E-state index contributed by atoms with van der Waals surface area (Å²) >= 11 is 12.0. The number of halogens is 2. The van der Waals surface area contributed by atoms with Gasteiger partial charge in [0.05, 0.1) is 5.69 Å². The summed E-state index contributed by atoms with van der Waals surface area (Å²) in [4.78, 5) is 26.5. The van der Waals surface area contributed by atoms with Crippen LogP contribution in [0.2, 0.25) is 10.0 Å². The first-order chi connectivity index (χ1) is 15.4. The fraction of sp³-hybridized carbons (Fsp3) is 0.417. The molecule has 0 aromatic heterocycles. The highest BCUT2D eigenvalue weighted by molar-refractivity contribution is 6.31. The lowest BCUT2D eigenvalue weighted by Gasteiger charge is -2.39. The zero-order chi connectivity index (χ0) is 22.7. The lowest BCUT2D eigenvalue weighted by atomic mass is 9.96. The van der Waals surface area contributed by atoms with E-state index < -0.39 is 0 Å². The molecule has 2 aromatic carbocycles. The number of ether oxygens (including phenoxy) is 1. The van der Waals surface area contributed by atoms with Crippen molar-refractivity contribution in [2.75, 3.05) is 11.9 Å². The monoisotopic (exact) mass is 475 g/mol. The molecule has 6 nitrogen and oxygen atoms in total. The van der Waals surface area contributed by atoms with Gasteiger partial charge in [0.1, 0.15) is 5.75 Å². The number of anilines is 1. The lowest BCUT2D eigenvalue weighted by Crippen LogP contribution is -2.50. The van der Waals surface area contributed by atoms with Crippen molar-refractivity contribution in [2.45, 2.75) is 57.3 Å². The quantitative estimate of drug-likeness (QED) is 0.611. The van der Waals surface area contributed by atoms with E-state index in [4.69, 9.17) is 27.9 Å². The normalized spacial score (nSPS) is 22.4. The number of piperidine rings is 1. The van der Waals surface area contributed by atoms with E-state index in [9.17, 15) is 9.59 Å². The second-order valence-corrected chi connectivity index (χ2v) is 9.40. The summed E-state index contributed by atoms with van der Waals surface area (Å²) in [5.41, 5.74) is 1.71. The molecule has 2 aromatic rings. The second-order valence-electron chi connectivity index (χ2n) is 8.53. The van der Waals surface area contributed by atoms with E-state index in [1.807, 2.05) is 12.1 Å². The van der Waals surface area contributed by atoms with E-state index >= 15 is 0 Å². The third-order valence-electron chi connectivity index (χ3n) is 6.14. The van der Waals surface area contributed by atoms with Crippen molar-refractivity contribution >= 4 is 40.7 Å². The zero-order valence-electron chi connectivity index (χ0n) is 17.9. The number of rotatable bonds is 7. The number of fused-ring (bicyclic) bond motifs is 2. The molecule has 32 heavy (non-hydrogen) atoms. The van der Waals surface area contributed by atoms with Crippen molar-refractivity contribution in [2.24, 2.45) is 0 Å². The van der Waals surface area contributed by atoms with Gasteiger partial charge in [-0.05, 0) is 61.6 Å². The van der Waals surface area contributed by atoms with Crippen LogP contribution in [-0.4, -0.2) is 41.4 Å². The standard InChI is InChI=1S/C24H27Cl2N3O3/c1-15(30)27-22-10-18(26)6-9-23(22)32-14-24(31)28-19-11-20-7-8-21(12-19)29(20)13-16-2-4-17(25)5-3-16/h2-6,9-10,19-21H,7-8,11-14H2,1H3,(H,27,30)(H,28,31). The Balaban J connectivity index is 1.29. The summed E-state index contributed by atoms with van der Waals surface area (Å²) in [7, 11) is 0. The molecule has 2 unspecified atom stereocenters. The number of hydrogen-bond acceptors (Lipinski definition) is 4. The molecular weight excluding hydrogens is 449 g/mol. The Morgan fingerprint density at radius 3 is 2.34 bits per heavy atom. The van der Waals surface area contributed by atoms with Crippen molar-refractivity contribution < 1.29 is 14.3 Å². The lowest BCUT2D eigenvalue weighted by molar-refractivity contribution is -0.124. The van der Waals surface area contributed by atoms with Crippen LogP contribution in [0.3, 0.4) is 0 Å². The molecule has 4 rings (SSSR count). The minimum Gasteiger partial charge on any atom is -0.482 e. The molecule has 2 heterocycles. The van der Waals surface area contributed by atoms with Crippen molar-refractivity contribution in [3.8, 4) is 5.75 Å². The van der Waals surface area contributed by atoms with E-state index in [1.165, 1.54) is 12.5 Å². The Bertz CT molecular complexity index is 969. The van der Waals surface area contributed by atoms with Gasteiger partial charge in [0.15, 0.2) is 6.61 Å². The molecule has 0 spiro atoms. The molecule has 170 valence electrons. The Labute approximate surface area is 198 Å². The summed E-state index contributed by atoms with van der Waals surface area (Å²) in [6, 6.07) is 14.0. The van der Waals surface area contributed by atoms with E-state index in [1.54, 1.807) is 18.2 Å². The van der Waals surface area contributed by atoms with Crippen LogP contribution >= 0.6 is 23.2 Å². The number of amides is 2. The molecule has 2 bridgehead atoms. The second kappa shape index (κ2) is 10.1. The van der Waals surface area contributed by atoms with Crippen LogP contribution in [-0.2, 0) is 16.1 Å². The van der Waals surface area contributed by atoms with Crippen molar-refractivity contribution in [1.29, 1.82) is 0 Å². The summed E-state index contributed by atoms with van der Waals surface area (Å²) < 4.78 is 5.67. The average molecular weight is 476 g/mol. The van der Waals surface area contributed by atoms with Crippen LogP contribution in [0.5, 0.6) is 5.75 Å². The van der Waals surface area contributed by atoms with Gasteiger partial charge in [0.2, 0.25) is 5.91 Å².